The summed E-state index contributed by atoms with van der Waals surface area (Å²) in [6, 6.07) is -0.00958. The van der Waals surface area contributed by atoms with Gasteiger partial charge in [-0.25, -0.2) is 0 Å². The van der Waals surface area contributed by atoms with Gasteiger partial charge in [-0.05, 0) is 26.2 Å². The highest BCUT2D eigenvalue weighted by Gasteiger charge is 2.48. The molecule has 1 spiro atoms. The minimum absolute atomic E-state index is 0.00958. The molecule has 4 heteroatoms. The Morgan fingerprint density at radius 1 is 1.50 bits per heavy atom. The van der Waals surface area contributed by atoms with Crippen LogP contribution < -0.4 is 5.32 Å². The van der Waals surface area contributed by atoms with Crippen molar-refractivity contribution in [3.8, 4) is 0 Å². The number of nitrogens with one attached hydrogen (secondary N) is 1. The van der Waals surface area contributed by atoms with Gasteiger partial charge in [0.1, 0.15) is 0 Å². The first-order valence-electron chi connectivity index (χ1n) is 6.13. The summed E-state index contributed by atoms with van der Waals surface area (Å²) < 4.78 is 4.90. The Morgan fingerprint density at radius 2 is 2.19 bits per heavy atom. The Bertz CT molecular complexity index is 295. The van der Waals surface area contributed by atoms with E-state index in [9.17, 15) is 9.59 Å². The fourth-order valence-corrected chi connectivity index (χ4v) is 2.98. The van der Waals surface area contributed by atoms with Crippen molar-refractivity contribution in [2.24, 2.45) is 5.41 Å². The van der Waals surface area contributed by atoms with Crippen molar-refractivity contribution in [2.75, 3.05) is 6.61 Å². The van der Waals surface area contributed by atoms with Gasteiger partial charge in [-0.15, -0.1) is 0 Å². The Kier molecular flexibility index (Phi) is 3.17. The van der Waals surface area contributed by atoms with Crippen LogP contribution in [0.3, 0.4) is 0 Å². The standard InChI is InChI=1S/C12H19NO3/c1-2-16-10(14)7-9-8-12(11(15)13-9)5-3-4-6-12/h9H,2-8H2,1H3,(H,13,15). The lowest BCUT2D eigenvalue weighted by molar-refractivity contribution is -0.143. The number of rotatable bonds is 3. The maximum atomic E-state index is 11.9. The fraction of sp³-hybridized carbons (Fsp3) is 0.833. The van der Waals surface area contributed by atoms with Crippen molar-refractivity contribution < 1.29 is 14.3 Å². The summed E-state index contributed by atoms with van der Waals surface area (Å²) in [7, 11) is 0. The maximum Gasteiger partial charge on any atom is 0.307 e. The smallest absolute Gasteiger partial charge is 0.307 e. The first kappa shape index (κ1) is 11.4. The number of amides is 1. The van der Waals surface area contributed by atoms with E-state index in [-0.39, 0.29) is 23.3 Å². The number of esters is 1. The third-order valence-electron chi connectivity index (χ3n) is 3.73. The van der Waals surface area contributed by atoms with Crippen LogP contribution >= 0.6 is 0 Å². The molecule has 0 aromatic rings. The van der Waals surface area contributed by atoms with E-state index >= 15 is 0 Å². The van der Waals surface area contributed by atoms with Gasteiger partial charge in [-0.3, -0.25) is 9.59 Å². The summed E-state index contributed by atoms with van der Waals surface area (Å²) >= 11 is 0. The third-order valence-corrected chi connectivity index (χ3v) is 3.73. The number of carbonyl (C=O) groups is 2. The molecule has 1 amide bonds. The van der Waals surface area contributed by atoms with Crippen LogP contribution in [0, 0.1) is 5.41 Å². The van der Waals surface area contributed by atoms with Gasteiger partial charge in [-0.1, -0.05) is 12.8 Å². The van der Waals surface area contributed by atoms with Crippen LogP contribution in [-0.4, -0.2) is 24.5 Å². The zero-order valence-corrected chi connectivity index (χ0v) is 9.75. The first-order chi connectivity index (χ1) is 7.66. The molecule has 1 aliphatic heterocycles. The van der Waals surface area contributed by atoms with Gasteiger partial charge in [0.05, 0.1) is 18.4 Å². The lowest BCUT2D eigenvalue weighted by atomic mass is 9.83. The van der Waals surface area contributed by atoms with Crippen molar-refractivity contribution in [1.29, 1.82) is 0 Å². The monoisotopic (exact) mass is 225 g/mol. The van der Waals surface area contributed by atoms with Crippen molar-refractivity contribution >= 4 is 11.9 Å². The van der Waals surface area contributed by atoms with E-state index in [0.717, 1.165) is 32.1 Å². The highest BCUT2D eigenvalue weighted by Crippen LogP contribution is 2.45. The number of ether oxygens (including phenoxy) is 1. The number of carbonyl (C=O) groups excluding carboxylic acids is 2. The highest BCUT2D eigenvalue weighted by molar-refractivity contribution is 5.86. The molecule has 2 rings (SSSR count). The van der Waals surface area contributed by atoms with E-state index < -0.39 is 0 Å². The van der Waals surface area contributed by atoms with Gasteiger partial charge in [0.25, 0.3) is 0 Å². The molecule has 1 heterocycles. The fourth-order valence-electron chi connectivity index (χ4n) is 2.98. The predicted molar refractivity (Wildman–Crippen MR) is 58.7 cm³/mol. The molecule has 1 atom stereocenters. The molecule has 1 saturated carbocycles. The number of hydrogen-bond donors (Lipinski definition) is 1. The van der Waals surface area contributed by atoms with E-state index in [2.05, 4.69) is 5.32 Å². The molecule has 0 bridgehead atoms. The van der Waals surface area contributed by atoms with Crippen LogP contribution in [0.5, 0.6) is 0 Å². The Morgan fingerprint density at radius 3 is 2.81 bits per heavy atom. The molecule has 2 fully saturated rings. The Labute approximate surface area is 95.7 Å². The third kappa shape index (κ3) is 2.06. The van der Waals surface area contributed by atoms with Crippen molar-refractivity contribution in [3.05, 3.63) is 0 Å². The van der Waals surface area contributed by atoms with Crippen LogP contribution in [0.25, 0.3) is 0 Å². The Hall–Kier alpha value is -1.06. The van der Waals surface area contributed by atoms with Gasteiger partial charge >= 0.3 is 5.97 Å². The molecule has 0 aromatic heterocycles. The van der Waals surface area contributed by atoms with Gasteiger partial charge in [0.15, 0.2) is 0 Å². The van der Waals surface area contributed by atoms with Gasteiger partial charge in [0, 0.05) is 6.04 Å². The molecule has 1 aliphatic carbocycles. The molecule has 2 aliphatic rings. The minimum Gasteiger partial charge on any atom is -0.466 e. The normalized spacial score (nSPS) is 27.1. The lowest BCUT2D eigenvalue weighted by Crippen LogP contribution is -2.31. The summed E-state index contributed by atoms with van der Waals surface area (Å²) in [5.74, 6) is -0.0536. The average Bonchev–Trinajstić information content (AvgIpc) is 2.77. The molecule has 16 heavy (non-hydrogen) atoms. The lowest BCUT2D eigenvalue weighted by Gasteiger charge is -2.18. The summed E-state index contributed by atoms with van der Waals surface area (Å²) in [6.45, 7) is 2.20. The topological polar surface area (TPSA) is 55.4 Å². The highest BCUT2D eigenvalue weighted by atomic mass is 16.5. The van der Waals surface area contributed by atoms with Crippen LogP contribution in [-0.2, 0) is 14.3 Å². The van der Waals surface area contributed by atoms with Crippen molar-refractivity contribution in [1.82, 2.24) is 5.32 Å². The maximum absolute atomic E-state index is 11.9. The van der Waals surface area contributed by atoms with Crippen LogP contribution in [0.2, 0.25) is 0 Å². The van der Waals surface area contributed by atoms with Gasteiger partial charge in [-0.2, -0.15) is 0 Å². The molecule has 1 saturated heterocycles. The average molecular weight is 225 g/mol. The molecule has 90 valence electrons. The van der Waals surface area contributed by atoms with E-state index in [1.165, 1.54) is 0 Å². The summed E-state index contributed by atoms with van der Waals surface area (Å²) in [6.07, 6.45) is 5.38. The molecular weight excluding hydrogens is 206 g/mol. The molecule has 0 aromatic carbocycles. The summed E-state index contributed by atoms with van der Waals surface area (Å²) in [5, 5.41) is 2.94. The van der Waals surface area contributed by atoms with E-state index in [4.69, 9.17) is 4.74 Å². The first-order valence-corrected chi connectivity index (χ1v) is 6.13. The van der Waals surface area contributed by atoms with Crippen molar-refractivity contribution in [3.63, 3.8) is 0 Å². The van der Waals surface area contributed by atoms with Gasteiger partial charge < -0.3 is 10.1 Å². The molecule has 0 radical (unpaired) electrons. The summed E-state index contributed by atoms with van der Waals surface area (Å²) in [4.78, 5) is 23.2. The van der Waals surface area contributed by atoms with Crippen molar-refractivity contribution in [2.45, 2.75) is 51.5 Å². The SMILES string of the molecule is CCOC(=O)CC1CC2(CCCC2)C(=O)N1. The second-order valence-electron chi connectivity index (χ2n) is 4.87. The molecule has 1 N–H and O–H groups in total. The van der Waals surface area contributed by atoms with Crippen LogP contribution in [0.4, 0.5) is 0 Å². The van der Waals surface area contributed by atoms with Crippen LogP contribution in [0.1, 0.15) is 45.4 Å². The largest absolute Gasteiger partial charge is 0.466 e. The quantitative estimate of drug-likeness (QED) is 0.738. The zero-order valence-electron chi connectivity index (χ0n) is 9.75. The molecule has 4 nitrogen and oxygen atoms in total. The van der Waals surface area contributed by atoms with E-state index in [0.29, 0.717) is 13.0 Å². The Balaban J connectivity index is 1.91. The second-order valence-corrected chi connectivity index (χ2v) is 4.87. The summed E-state index contributed by atoms with van der Waals surface area (Å²) in [5.41, 5.74) is -0.156. The van der Waals surface area contributed by atoms with Gasteiger partial charge in [0.2, 0.25) is 5.91 Å². The van der Waals surface area contributed by atoms with Crippen LogP contribution in [0.15, 0.2) is 0 Å². The zero-order chi connectivity index (χ0) is 11.6. The second kappa shape index (κ2) is 4.44. The molecular formula is C12H19NO3. The van der Waals surface area contributed by atoms with E-state index in [1.54, 1.807) is 6.92 Å². The minimum atomic E-state index is -0.206. The predicted octanol–water partition coefficient (Wildman–Crippen LogP) is 1.39. The molecule has 1 unspecified atom stereocenters. The number of hydrogen-bond acceptors (Lipinski definition) is 3. The van der Waals surface area contributed by atoms with E-state index in [1.807, 2.05) is 0 Å².